The minimum atomic E-state index is 0.430. The minimum absolute atomic E-state index is 0.430. The van der Waals surface area contributed by atoms with Gasteiger partial charge in [-0.2, -0.15) is 9.97 Å². The molecule has 2 atom stereocenters. The maximum atomic E-state index is 6.68. The van der Waals surface area contributed by atoms with Crippen molar-refractivity contribution in [3.8, 4) is 6.01 Å². The number of hydrogen-bond acceptors (Lipinski definition) is 7. The molecule has 2 aromatic carbocycles. The molecule has 4 heterocycles. The molecule has 2 saturated heterocycles. The molecule has 3 aliphatic heterocycles. The number of anilines is 2. The van der Waals surface area contributed by atoms with Gasteiger partial charge in [-0.15, -0.1) is 0 Å². The molecule has 1 unspecified atom stereocenters. The van der Waals surface area contributed by atoms with E-state index in [4.69, 9.17) is 26.3 Å². The molecule has 3 aromatic rings. The van der Waals surface area contributed by atoms with Crippen molar-refractivity contribution in [3.63, 3.8) is 0 Å². The van der Waals surface area contributed by atoms with Crippen molar-refractivity contribution >= 4 is 33.9 Å². The molecule has 6 rings (SSSR count). The van der Waals surface area contributed by atoms with Crippen LogP contribution in [-0.4, -0.2) is 74.3 Å². The van der Waals surface area contributed by atoms with Gasteiger partial charge in [0.15, 0.2) is 0 Å². The van der Waals surface area contributed by atoms with Crippen molar-refractivity contribution in [2.75, 3.05) is 63.2 Å². The molecule has 0 spiro atoms. The number of rotatable bonds is 7. The number of likely N-dealkylation sites (tertiary alicyclic amines) is 1. The molecule has 1 N–H and O–H groups in total. The lowest BCUT2D eigenvalue weighted by Crippen LogP contribution is -2.35. The summed E-state index contributed by atoms with van der Waals surface area (Å²) in [5.74, 6) is 1.67. The molecular formula is C29H37ClN6O. The third-order valence-corrected chi connectivity index (χ3v) is 8.64. The largest absolute Gasteiger partial charge is 0.462 e. The van der Waals surface area contributed by atoms with E-state index in [1.165, 1.54) is 24.8 Å². The number of nitrogens with one attached hydrogen (secondary N) is 1. The normalized spacial score (nSPS) is 22.0. The van der Waals surface area contributed by atoms with E-state index >= 15 is 0 Å². The first-order valence-electron chi connectivity index (χ1n) is 13.6. The van der Waals surface area contributed by atoms with Crippen LogP contribution in [-0.2, 0) is 13.0 Å². The van der Waals surface area contributed by atoms with Gasteiger partial charge in [-0.05, 0) is 75.8 Å². The van der Waals surface area contributed by atoms with E-state index in [9.17, 15) is 0 Å². The van der Waals surface area contributed by atoms with Crippen LogP contribution in [0.2, 0.25) is 5.02 Å². The summed E-state index contributed by atoms with van der Waals surface area (Å²) in [4.78, 5) is 17.1. The molecular weight excluding hydrogens is 484 g/mol. The van der Waals surface area contributed by atoms with Crippen molar-refractivity contribution in [3.05, 3.63) is 52.7 Å². The highest BCUT2D eigenvalue weighted by molar-refractivity contribution is 6.36. The predicted octanol–water partition coefficient (Wildman–Crippen LogP) is 4.36. The second-order valence-corrected chi connectivity index (χ2v) is 11.3. The predicted molar refractivity (Wildman–Crippen MR) is 151 cm³/mol. The molecule has 3 aliphatic rings. The lowest BCUT2D eigenvalue weighted by atomic mass is 10.0. The van der Waals surface area contributed by atoms with Crippen LogP contribution in [0.15, 0.2) is 36.4 Å². The third kappa shape index (κ3) is 5.09. The SMILES string of the molecule is CN(CC1CCNC1)c1nc(OC[C@@H]2CCCN2C)nc2c1CCN(c1cccc3cccc(Cl)c13)C2. The maximum Gasteiger partial charge on any atom is 0.318 e. The lowest BCUT2D eigenvalue weighted by molar-refractivity contribution is 0.187. The fraction of sp³-hybridized carbons (Fsp3) is 0.517. The van der Waals surface area contributed by atoms with Crippen LogP contribution in [0, 0.1) is 5.92 Å². The second kappa shape index (κ2) is 10.6. The standard InChI is InChI=1S/C29H37ClN6O/c1-34-14-5-8-22(34)19-37-29-32-25-18-36(26-10-4-7-21-6-3-9-24(30)27(21)26)15-12-23(25)28(33-29)35(2)17-20-11-13-31-16-20/h3-4,6-7,9-10,20,22,31H,5,8,11-19H2,1-2H3/t20?,22-/m0/s1. The number of benzene rings is 2. The molecule has 0 bridgehead atoms. The van der Waals surface area contributed by atoms with E-state index in [1.807, 2.05) is 12.1 Å². The smallest absolute Gasteiger partial charge is 0.318 e. The number of hydrogen-bond donors (Lipinski definition) is 1. The number of likely N-dealkylation sites (N-methyl/N-ethyl adjacent to an activating group) is 1. The Morgan fingerprint density at radius 3 is 2.78 bits per heavy atom. The van der Waals surface area contributed by atoms with E-state index in [-0.39, 0.29) is 0 Å². The third-order valence-electron chi connectivity index (χ3n) is 8.33. The first-order chi connectivity index (χ1) is 18.1. The topological polar surface area (TPSA) is 56.8 Å². The molecule has 7 nitrogen and oxygen atoms in total. The first-order valence-corrected chi connectivity index (χ1v) is 14.0. The molecule has 2 fully saturated rings. The van der Waals surface area contributed by atoms with Gasteiger partial charge in [0, 0.05) is 42.8 Å². The van der Waals surface area contributed by atoms with Crippen LogP contribution in [0.5, 0.6) is 6.01 Å². The minimum Gasteiger partial charge on any atom is -0.462 e. The lowest BCUT2D eigenvalue weighted by Gasteiger charge is -2.34. The number of halogens is 1. The number of fused-ring (bicyclic) bond motifs is 2. The van der Waals surface area contributed by atoms with Gasteiger partial charge < -0.3 is 24.8 Å². The zero-order chi connectivity index (χ0) is 25.4. The monoisotopic (exact) mass is 520 g/mol. The van der Waals surface area contributed by atoms with E-state index in [2.05, 4.69) is 58.4 Å². The average molecular weight is 521 g/mol. The van der Waals surface area contributed by atoms with Gasteiger partial charge in [-0.3, -0.25) is 0 Å². The van der Waals surface area contributed by atoms with Crippen molar-refractivity contribution in [1.29, 1.82) is 0 Å². The van der Waals surface area contributed by atoms with Crippen LogP contribution in [0.3, 0.4) is 0 Å². The van der Waals surface area contributed by atoms with E-state index in [0.29, 0.717) is 31.1 Å². The van der Waals surface area contributed by atoms with Crippen LogP contribution in [0.1, 0.15) is 30.5 Å². The summed E-state index contributed by atoms with van der Waals surface area (Å²) in [6, 6.07) is 13.5. The van der Waals surface area contributed by atoms with Gasteiger partial charge in [0.1, 0.15) is 12.4 Å². The molecule has 0 amide bonds. The van der Waals surface area contributed by atoms with Crippen molar-refractivity contribution < 1.29 is 4.74 Å². The zero-order valence-electron chi connectivity index (χ0n) is 21.9. The summed E-state index contributed by atoms with van der Waals surface area (Å²) >= 11 is 6.68. The van der Waals surface area contributed by atoms with E-state index < -0.39 is 0 Å². The molecule has 0 aliphatic carbocycles. The Balaban J connectivity index is 1.31. The summed E-state index contributed by atoms with van der Waals surface area (Å²) in [5.41, 5.74) is 3.47. The fourth-order valence-corrected chi connectivity index (χ4v) is 6.50. The maximum absolute atomic E-state index is 6.68. The highest BCUT2D eigenvalue weighted by atomic mass is 35.5. The summed E-state index contributed by atoms with van der Waals surface area (Å²) < 4.78 is 6.28. The molecule has 37 heavy (non-hydrogen) atoms. The molecule has 1 aromatic heterocycles. The van der Waals surface area contributed by atoms with Crippen LogP contribution < -0.4 is 19.9 Å². The van der Waals surface area contributed by atoms with E-state index in [1.54, 1.807) is 0 Å². The van der Waals surface area contributed by atoms with Crippen LogP contribution in [0.25, 0.3) is 10.8 Å². The molecule has 196 valence electrons. The Morgan fingerprint density at radius 1 is 1.14 bits per heavy atom. The van der Waals surface area contributed by atoms with Gasteiger partial charge in [0.05, 0.1) is 17.3 Å². The van der Waals surface area contributed by atoms with Gasteiger partial charge >= 0.3 is 6.01 Å². The average Bonchev–Trinajstić information content (AvgIpc) is 3.58. The fourth-order valence-electron chi connectivity index (χ4n) is 6.22. The van der Waals surface area contributed by atoms with Crippen molar-refractivity contribution in [2.45, 2.75) is 38.3 Å². The van der Waals surface area contributed by atoms with E-state index in [0.717, 1.165) is 72.1 Å². The quantitative estimate of drug-likeness (QED) is 0.496. The highest BCUT2D eigenvalue weighted by Gasteiger charge is 2.28. The summed E-state index contributed by atoms with van der Waals surface area (Å²) in [7, 11) is 4.35. The highest BCUT2D eigenvalue weighted by Crippen LogP contribution is 2.37. The summed E-state index contributed by atoms with van der Waals surface area (Å²) in [6.45, 7) is 6.55. The van der Waals surface area contributed by atoms with Gasteiger partial charge in [0.25, 0.3) is 0 Å². The Labute approximate surface area is 224 Å². The number of ether oxygens (including phenoxy) is 1. The Morgan fingerprint density at radius 2 is 2.00 bits per heavy atom. The Hall–Kier alpha value is -2.61. The molecule has 8 heteroatoms. The zero-order valence-corrected chi connectivity index (χ0v) is 22.7. The van der Waals surface area contributed by atoms with Gasteiger partial charge in [-0.25, -0.2) is 0 Å². The second-order valence-electron chi connectivity index (χ2n) is 10.9. The van der Waals surface area contributed by atoms with Crippen LogP contribution >= 0.6 is 11.6 Å². The Bertz CT molecular complexity index is 1260. The summed E-state index contributed by atoms with van der Waals surface area (Å²) in [5, 5.41) is 6.55. The number of nitrogens with zero attached hydrogens (tertiary/aromatic N) is 5. The van der Waals surface area contributed by atoms with Crippen LogP contribution in [0.4, 0.5) is 11.5 Å². The van der Waals surface area contributed by atoms with Crippen molar-refractivity contribution in [2.24, 2.45) is 5.92 Å². The molecule has 0 saturated carbocycles. The number of aromatic nitrogens is 2. The van der Waals surface area contributed by atoms with Gasteiger partial charge in [-0.1, -0.05) is 35.9 Å². The first kappa shape index (κ1) is 24.7. The van der Waals surface area contributed by atoms with Crippen molar-refractivity contribution in [1.82, 2.24) is 20.2 Å². The van der Waals surface area contributed by atoms with Gasteiger partial charge in [0.2, 0.25) is 0 Å². The summed E-state index contributed by atoms with van der Waals surface area (Å²) in [6.07, 6.45) is 4.50. The Kier molecular flexibility index (Phi) is 7.10. The molecule has 0 radical (unpaired) electrons.